The summed E-state index contributed by atoms with van der Waals surface area (Å²) in [6.45, 7) is 6.72. The molecule has 104 valence electrons. The van der Waals surface area contributed by atoms with E-state index in [1.165, 1.54) is 0 Å². The SMILES string of the molecule is CC(C)(C)C1CCSC(Nc2cccc(Cl)c2Br)=N1. The zero-order valence-electron chi connectivity index (χ0n) is 11.3. The van der Waals surface area contributed by atoms with E-state index in [1.54, 1.807) is 11.8 Å². The van der Waals surface area contributed by atoms with Crippen LogP contribution in [0.15, 0.2) is 27.7 Å². The molecule has 1 N–H and O–H groups in total. The quantitative estimate of drug-likeness (QED) is 0.722. The van der Waals surface area contributed by atoms with Crippen LogP contribution in [0.5, 0.6) is 0 Å². The van der Waals surface area contributed by atoms with Crippen molar-refractivity contribution < 1.29 is 0 Å². The van der Waals surface area contributed by atoms with E-state index in [-0.39, 0.29) is 5.41 Å². The van der Waals surface area contributed by atoms with Crippen LogP contribution in [-0.2, 0) is 0 Å². The summed E-state index contributed by atoms with van der Waals surface area (Å²) in [6.07, 6.45) is 1.13. The van der Waals surface area contributed by atoms with Crippen LogP contribution in [0.4, 0.5) is 5.69 Å². The van der Waals surface area contributed by atoms with E-state index in [0.717, 1.165) is 27.5 Å². The molecule has 0 radical (unpaired) electrons. The normalized spacial score (nSPS) is 20.1. The predicted octanol–water partition coefficient (Wildman–Crippen LogP) is 5.42. The van der Waals surface area contributed by atoms with Crippen LogP contribution in [-0.4, -0.2) is 17.0 Å². The summed E-state index contributed by atoms with van der Waals surface area (Å²) in [4.78, 5) is 4.82. The maximum Gasteiger partial charge on any atom is 0.161 e. The average molecular weight is 362 g/mol. The van der Waals surface area contributed by atoms with Crippen molar-refractivity contribution in [3.8, 4) is 0 Å². The topological polar surface area (TPSA) is 24.4 Å². The van der Waals surface area contributed by atoms with Gasteiger partial charge in [-0.15, -0.1) is 0 Å². The van der Waals surface area contributed by atoms with E-state index >= 15 is 0 Å². The van der Waals surface area contributed by atoms with Crippen LogP contribution in [0.2, 0.25) is 5.02 Å². The molecule has 1 aromatic carbocycles. The molecular formula is C14H18BrClN2S. The van der Waals surface area contributed by atoms with E-state index in [9.17, 15) is 0 Å². The maximum atomic E-state index is 6.10. The molecule has 0 bridgehead atoms. The van der Waals surface area contributed by atoms with Gasteiger partial charge >= 0.3 is 0 Å². The minimum Gasteiger partial charge on any atom is -0.334 e. The Kier molecular flexibility index (Phi) is 4.85. The van der Waals surface area contributed by atoms with Crippen LogP contribution >= 0.6 is 39.3 Å². The number of hydrogen-bond acceptors (Lipinski definition) is 3. The van der Waals surface area contributed by atoms with Gasteiger partial charge in [-0.05, 0) is 39.9 Å². The van der Waals surface area contributed by atoms with Crippen LogP contribution in [0.25, 0.3) is 0 Å². The first kappa shape index (κ1) is 15.2. The summed E-state index contributed by atoms with van der Waals surface area (Å²) in [6, 6.07) is 6.17. The van der Waals surface area contributed by atoms with Crippen molar-refractivity contribution in [1.29, 1.82) is 0 Å². The molecule has 0 aromatic heterocycles. The van der Waals surface area contributed by atoms with Gasteiger partial charge in [0.05, 0.1) is 21.2 Å². The van der Waals surface area contributed by atoms with E-state index in [1.807, 2.05) is 18.2 Å². The Balaban J connectivity index is 2.19. The number of hydrogen-bond donors (Lipinski definition) is 1. The lowest BCUT2D eigenvalue weighted by Crippen LogP contribution is -2.30. The number of anilines is 1. The highest BCUT2D eigenvalue weighted by atomic mass is 79.9. The molecule has 0 aliphatic carbocycles. The Bertz CT molecular complexity index is 497. The van der Waals surface area contributed by atoms with Crippen molar-refractivity contribution in [3.05, 3.63) is 27.7 Å². The smallest absolute Gasteiger partial charge is 0.161 e. The standard InChI is InChI=1S/C14H18BrClN2S/c1-14(2,3)11-7-8-19-13(18-11)17-10-6-4-5-9(16)12(10)15/h4-6,11H,7-8H2,1-3H3,(H,17,18). The van der Waals surface area contributed by atoms with Gasteiger partial charge in [-0.25, -0.2) is 0 Å². The zero-order valence-corrected chi connectivity index (χ0v) is 14.5. The van der Waals surface area contributed by atoms with E-state index in [2.05, 4.69) is 42.0 Å². The molecule has 0 spiro atoms. The van der Waals surface area contributed by atoms with Gasteiger partial charge in [-0.1, -0.05) is 50.2 Å². The summed E-state index contributed by atoms with van der Waals surface area (Å²) >= 11 is 11.4. The molecule has 0 fully saturated rings. The summed E-state index contributed by atoms with van der Waals surface area (Å²) in [5, 5.41) is 5.06. The molecule has 0 amide bonds. The molecule has 0 saturated heterocycles. The van der Waals surface area contributed by atoms with Gasteiger partial charge in [-0.2, -0.15) is 0 Å². The zero-order chi connectivity index (χ0) is 14.0. The number of rotatable bonds is 1. The second kappa shape index (κ2) is 6.06. The molecule has 1 aliphatic heterocycles. The summed E-state index contributed by atoms with van der Waals surface area (Å²) in [5.74, 6) is 1.10. The highest BCUT2D eigenvalue weighted by Gasteiger charge is 2.27. The number of nitrogens with one attached hydrogen (secondary N) is 1. The first-order chi connectivity index (χ1) is 8.88. The molecule has 2 nitrogen and oxygen atoms in total. The third-order valence-corrected chi connectivity index (χ3v) is 5.41. The van der Waals surface area contributed by atoms with Crippen molar-refractivity contribution in [2.24, 2.45) is 10.4 Å². The van der Waals surface area contributed by atoms with Crippen LogP contribution in [0.3, 0.4) is 0 Å². The first-order valence-corrected chi connectivity index (χ1v) is 8.45. The van der Waals surface area contributed by atoms with Crippen molar-refractivity contribution in [1.82, 2.24) is 0 Å². The maximum absolute atomic E-state index is 6.10. The van der Waals surface area contributed by atoms with Crippen molar-refractivity contribution in [3.63, 3.8) is 0 Å². The molecule has 0 saturated carbocycles. The second-order valence-corrected chi connectivity index (χ2v) is 7.96. The molecular weight excluding hydrogens is 344 g/mol. The highest BCUT2D eigenvalue weighted by molar-refractivity contribution is 9.10. The third kappa shape index (κ3) is 3.89. The number of benzene rings is 1. The van der Waals surface area contributed by atoms with Gasteiger partial charge in [0.25, 0.3) is 0 Å². The molecule has 2 rings (SSSR count). The van der Waals surface area contributed by atoms with Crippen molar-refractivity contribution in [2.45, 2.75) is 33.2 Å². The molecule has 1 aromatic rings. The second-order valence-electron chi connectivity index (χ2n) is 5.68. The van der Waals surface area contributed by atoms with Gasteiger partial charge in [0.2, 0.25) is 0 Å². The van der Waals surface area contributed by atoms with Gasteiger partial charge < -0.3 is 5.32 Å². The Labute approximate surface area is 132 Å². The van der Waals surface area contributed by atoms with E-state index in [4.69, 9.17) is 16.6 Å². The van der Waals surface area contributed by atoms with Crippen LogP contribution in [0, 0.1) is 5.41 Å². The number of halogens is 2. The summed E-state index contributed by atoms with van der Waals surface area (Å²) < 4.78 is 0.887. The van der Waals surface area contributed by atoms with Gasteiger partial charge in [0, 0.05) is 5.75 Å². The Morgan fingerprint density at radius 1 is 1.42 bits per heavy atom. The predicted molar refractivity (Wildman–Crippen MR) is 90.5 cm³/mol. The molecule has 1 heterocycles. The summed E-state index contributed by atoms with van der Waals surface area (Å²) in [7, 11) is 0. The van der Waals surface area contributed by atoms with Crippen LogP contribution < -0.4 is 5.32 Å². The molecule has 1 unspecified atom stereocenters. The minimum atomic E-state index is 0.208. The lowest BCUT2D eigenvalue weighted by Gasteiger charge is -2.31. The lowest BCUT2D eigenvalue weighted by atomic mass is 9.85. The monoisotopic (exact) mass is 360 g/mol. The van der Waals surface area contributed by atoms with Crippen LogP contribution in [0.1, 0.15) is 27.2 Å². The van der Waals surface area contributed by atoms with E-state index < -0.39 is 0 Å². The molecule has 1 aliphatic rings. The lowest BCUT2D eigenvalue weighted by molar-refractivity contribution is 0.316. The average Bonchev–Trinajstić information content (AvgIpc) is 2.34. The van der Waals surface area contributed by atoms with Gasteiger partial charge in [0.15, 0.2) is 5.17 Å². The van der Waals surface area contributed by atoms with Gasteiger partial charge in [-0.3, -0.25) is 4.99 Å². The van der Waals surface area contributed by atoms with Crippen molar-refractivity contribution >= 4 is 50.1 Å². The van der Waals surface area contributed by atoms with Gasteiger partial charge in [0.1, 0.15) is 0 Å². The fourth-order valence-electron chi connectivity index (χ4n) is 1.92. The fraction of sp³-hybridized carbons (Fsp3) is 0.500. The Morgan fingerprint density at radius 2 is 2.16 bits per heavy atom. The highest BCUT2D eigenvalue weighted by Crippen LogP contribution is 2.34. The minimum absolute atomic E-state index is 0.208. The summed E-state index contributed by atoms with van der Waals surface area (Å²) in [5.41, 5.74) is 1.17. The number of thioether (sulfide) groups is 1. The van der Waals surface area contributed by atoms with Crippen molar-refractivity contribution in [2.75, 3.05) is 11.1 Å². The largest absolute Gasteiger partial charge is 0.334 e. The Hall–Kier alpha value is -0.190. The number of aliphatic imine (C=N–C) groups is 1. The third-order valence-electron chi connectivity index (χ3n) is 3.10. The number of amidine groups is 1. The fourth-order valence-corrected chi connectivity index (χ4v) is 3.38. The Morgan fingerprint density at radius 3 is 2.84 bits per heavy atom. The molecule has 1 atom stereocenters. The van der Waals surface area contributed by atoms with E-state index in [0.29, 0.717) is 11.1 Å². The number of nitrogens with zero attached hydrogens (tertiary/aromatic N) is 1. The first-order valence-electron chi connectivity index (χ1n) is 6.29. The molecule has 5 heteroatoms. The molecule has 19 heavy (non-hydrogen) atoms.